The molecule has 1 heterocycles. The number of nitrogens with one attached hydrogen (secondary N) is 1. The molecule has 8 heteroatoms. The van der Waals surface area contributed by atoms with Crippen molar-refractivity contribution in [3.8, 4) is 0 Å². The molecule has 1 aromatic heterocycles. The number of nitrogens with zero attached hydrogens (tertiary/aromatic N) is 2. The third-order valence-corrected chi connectivity index (χ3v) is 4.31. The Labute approximate surface area is 158 Å². The van der Waals surface area contributed by atoms with Gasteiger partial charge in [0.15, 0.2) is 0 Å². The summed E-state index contributed by atoms with van der Waals surface area (Å²) in [4.78, 5) is 12.3. The number of benzene rings is 2. The van der Waals surface area contributed by atoms with Gasteiger partial charge in [0.05, 0.1) is 29.0 Å². The molecule has 25 heavy (non-hydrogen) atoms. The molecule has 0 saturated carbocycles. The summed E-state index contributed by atoms with van der Waals surface area (Å²) in [5.41, 5.74) is 1.51. The molecule has 1 N–H and O–H groups in total. The molecule has 2 aromatic carbocycles. The number of carbonyl (C=O) groups is 1. The first-order valence-corrected chi connectivity index (χ1v) is 8.28. The van der Waals surface area contributed by atoms with Crippen LogP contribution in [0.1, 0.15) is 15.9 Å². The Kier molecular flexibility index (Phi) is 5.27. The Morgan fingerprint density at radius 2 is 1.92 bits per heavy atom. The van der Waals surface area contributed by atoms with Crippen molar-refractivity contribution in [3.05, 3.63) is 80.8 Å². The van der Waals surface area contributed by atoms with E-state index >= 15 is 0 Å². The Morgan fingerprint density at radius 3 is 2.64 bits per heavy atom. The largest absolute Gasteiger partial charge is 0.319 e. The van der Waals surface area contributed by atoms with Crippen LogP contribution in [0.3, 0.4) is 0 Å². The molecule has 0 aliphatic heterocycles. The van der Waals surface area contributed by atoms with E-state index in [2.05, 4.69) is 10.4 Å². The van der Waals surface area contributed by atoms with Gasteiger partial charge in [-0.25, -0.2) is 4.39 Å². The molecule has 0 aliphatic carbocycles. The molecule has 0 atom stereocenters. The minimum absolute atomic E-state index is 0.260. The van der Waals surface area contributed by atoms with Crippen LogP contribution >= 0.6 is 34.8 Å². The van der Waals surface area contributed by atoms with Gasteiger partial charge < -0.3 is 5.32 Å². The number of hydrogen-bond donors (Lipinski definition) is 1. The molecule has 0 radical (unpaired) electrons. The summed E-state index contributed by atoms with van der Waals surface area (Å²) in [6.07, 6.45) is 3.14. The standard InChI is InChI=1S/C17H11Cl3FN3O/c18-11-2-4-14(16(20)5-11)17(25)23-13-7-22-24(9-13)8-10-1-3-12(21)6-15(10)19/h1-7,9H,8H2,(H,23,25). The molecule has 0 saturated heterocycles. The van der Waals surface area contributed by atoms with Crippen LogP contribution in [0.15, 0.2) is 48.8 Å². The van der Waals surface area contributed by atoms with E-state index in [4.69, 9.17) is 34.8 Å². The second-order valence-corrected chi connectivity index (χ2v) is 6.49. The minimum atomic E-state index is -0.401. The van der Waals surface area contributed by atoms with Gasteiger partial charge in [-0.15, -0.1) is 0 Å². The Hall–Kier alpha value is -2.08. The van der Waals surface area contributed by atoms with Crippen LogP contribution in [0.25, 0.3) is 0 Å². The van der Waals surface area contributed by atoms with Crippen molar-refractivity contribution in [2.75, 3.05) is 5.32 Å². The lowest BCUT2D eigenvalue weighted by Crippen LogP contribution is -2.12. The summed E-state index contributed by atoms with van der Waals surface area (Å²) >= 11 is 17.8. The summed E-state index contributed by atoms with van der Waals surface area (Å²) in [6.45, 7) is 0.344. The molecule has 128 valence electrons. The van der Waals surface area contributed by atoms with E-state index in [0.29, 0.717) is 33.4 Å². The lowest BCUT2D eigenvalue weighted by atomic mass is 10.2. The first-order chi connectivity index (χ1) is 11.9. The summed E-state index contributed by atoms with van der Waals surface area (Å²) in [5.74, 6) is -0.775. The van der Waals surface area contributed by atoms with Crippen molar-refractivity contribution in [2.45, 2.75) is 6.54 Å². The van der Waals surface area contributed by atoms with Crippen molar-refractivity contribution >= 4 is 46.4 Å². The zero-order valence-corrected chi connectivity index (χ0v) is 14.9. The summed E-state index contributed by atoms with van der Waals surface area (Å²) in [7, 11) is 0. The molecule has 0 fully saturated rings. The number of aromatic nitrogens is 2. The number of rotatable bonds is 4. The van der Waals surface area contributed by atoms with Gasteiger partial charge in [-0.1, -0.05) is 40.9 Å². The van der Waals surface area contributed by atoms with E-state index in [1.807, 2.05) is 0 Å². The lowest BCUT2D eigenvalue weighted by molar-refractivity contribution is 0.102. The van der Waals surface area contributed by atoms with Gasteiger partial charge in [0.1, 0.15) is 5.82 Å². The zero-order valence-electron chi connectivity index (χ0n) is 12.6. The van der Waals surface area contributed by atoms with Gasteiger partial charge in [-0.2, -0.15) is 5.10 Å². The lowest BCUT2D eigenvalue weighted by Gasteiger charge is -2.06. The average molecular weight is 399 g/mol. The van der Waals surface area contributed by atoms with E-state index < -0.39 is 5.82 Å². The monoisotopic (exact) mass is 397 g/mol. The van der Waals surface area contributed by atoms with Crippen molar-refractivity contribution in [1.82, 2.24) is 9.78 Å². The second kappa shape index (κ2) is 7.44. The smallest absolute Gasteiger partial charge is 0.257 e. The van der Waals surface area contributed by atoms with E-state index in [1.165, 1.54) is 24.4 Å². The maximum atomic E-state index is 13.1. The van der Waals surface area contributed by atoms with E-state index in [1.54, 1.807) is 29.1 Å². The highest BCUT2D eigenvalue weighted by Crippen LogP contribution is 2.22. The van der Waals surface area contributed by atoms with E-state index in [-0.39, 0.29) is 10.9 Å². The summed E-state index contributed by atoms with van der Waals surface area (Å²) < 4.78 is 14.7. The molecule has 0 bridgehead atoms. The molecule has 0 unspecified atom stereocenters. The first-order valence-electron chi connectivity index (χ1n) is 7.15. The van der Waals surface area contributed by atoms with E-state index in [0.717, 1.165) is 0 Å². The topological polar surface area (TPSA) is 46.9 Å². The minimum Gasteiger partial charge on any atom is -0.319 e. The maximum Gasteiger partial charge on any atom is 0.257 e. The Morgan fingerprint density at radius 1 is 1.12 bits per heavy atom. The third-order valence-electron chi connectivity index (χ3n) is 3.41. The number of carbonyl (C=O) groups excluding carboxylic acids is 1. The first kappa shape index (κ1) is 17.7. The fourth-order valence-corrected chi connectivity index (χ4v) is 2.93. The Bertz CT molecular complexity index is 943. The zero-order chi connectivity index (χ0) is 18.0. The number of hydrogen-bond acceptors (Lipinski definition) is 2. The maximum absolute atomic E-state index is 13.1. The number of anilines is 1. The molecule has 0 spiro atoms. The van der Waals surface area contributed by atoms with Crippen molar-refractivity contribution in [1.29, 1.82) is 0 Å². The molecule has 1 amide bonds. The predicted octanol–water partition coefficient (Wildman–Crippen LogP) is 5.28. The second-order valence-electron chi connectivity index (χ2n) is 5.24. The van der Waals surface area contributed by atoms with Crippen LogP contribution < -0.4 is 5.32 Å². The fourth-order valence-electron chi connectivity index (χ4n) is 2.21. The predicted molar refractivity (Wildman–Crippen MR) is 97.2 cm³/mol. The van der Waals surface area contributed by atoms with Gasteiger partial charge in [0, 0.05) is 16.2 Å². The Balaban J connectivity index is 1.72. The fraction of sp³-hybridized carbons (Fsp3) is 0.0588. The van der Waals surface area contributed by atoms with Crippen LogP contribution in [0.2, 0.25) is 15.1 Å². The van der Waals surface area contributed by atoms with Crippen LogP contribution in [0, 0.1) is 5.82 Å². The van der Waals surface area contributed by atoms with E-state index in [9.17, 15) is 9.18 Å². The molecular formula is C17H11Cl3FN3O. The summed E-state index contributed by atoms with van der Waals surface area (Å²) in [6, 6.07) is 8.79. The molecule has 3 rings (SSSR count). The number of halogens is 4. The molecule has 0 aliphatic rings. The summed E-state index contributed by atoms with van der Waals surface area (Å²) in [5, 5.41) is 7.88. The van der Waals surface area contributed by atoms with Gasteiger partial charge in [0.2, 0.25) is 0 Å². The number of amides is 1. The molecular weight excluding hydrogens is 388 g/mol. The van der Waals surface area contributed by atoms with Gasteiger partial charge in [-0.05, 0) is 35.9 Å². The van der Waals surface area contributed by atoms with Crippen LogP contribution in [-0.4, -0.2) is 15.7 Å². The normalized spacial score (nSPS) is 10.7. The molecule has 3 aromatic rings. The van der Waals surface area contributed by atoms with Crippen LogP contribution in [0.4, 0.5) is 10.1 Å². The highest BCUT2D eigenvalue weighted by atomic mass is 35.5. The quantitative estimate of drug-likeness (QED) is 0.649. The highest BCUT2D eigenvalue weighted by molar-refractivity contribution is 6.37. The third kappa shape index (κ3) is 4.31. The van der Waals surface area contributed by atoms with Crippen molar-refractivity contribution in [3.63, 3.8) is 0 Å². The van der Waals surface area contributed by atoms with Gasteiger partial charge in [-0.3, -0.25) is 9.48 Å². The molecule has 4 nitrogen and oxygen atoms in total. The van der Waals surface area contributed by atoms with Gasteiger partial charge >= 0.3 is 0 Å². The van der Waals surface area contributed by atoms with Crippen molar-refractivity contribution in [2.24, 2.45) is 0 Å². The van der Waals surface area contributed by atoms with Crippen LogP contribution in [-0.2, 0) is 6.54 Å². The highest BCUT2D eigenvalue weighted by Gasteiger charge is 2.12. The van der Waals surface area contributed by atoms with Crippen LogP contribution in [0.5, 0.6) is 0 Å². The van der Waals surface area contributed by atoms with Crippen molar-refractivity contribution < 1.29 is 9.18 Å². The van der Waals surface area contributed by atoms with Gasteiger partial charge in [0.25, 0.3) is 5.91 Å². The average Bonchev–Trinajstić information content (AvgIpc) is 2.97. The SMILES string of the molecule is O=C(Nc1cnn(Cc2ccc(F)cc2Cl)c1)c1ccc(Cl)cc1Cl.